The standard InChI is InChI=1S/C34H32O2S/c1-5-26-19-30(36-22-25-15-8-6-9-16-25)28-20-31(35-4)32(37-34-23(2)13-12-14-24(34)3)21-29(28)33(26)27-17-10-7-11-18-27/h6-21H,5,22H2,1-4H3. The molecule has 5 aromatic rings. The van der Waals surface area contributed by atoms with Crippen molar-refractivity contribution in [2.24, 2.45) is 0 Å². The third-order valence-electron chi connectivity index (χ3n) is 6.77. The fraction of sp³-hybridized carbons (Fsp3) is 0.176. The van der Waals surface area contributed by atoms with Crippen LogP contribution in [0.15, 0.2) is 107 Å². The molecule has 37 heavy (non-hydrogen) atoms. The summed E-state index contributed by atoms with van der Waals surface area (Å²) in [5, 5.41) is 2.25. The van der Waals surface area contributed by atoms with E-state index in [1.54, 1.807) is 18.9 Å². The number of methoxy groups -OCH3 is 1. The van der Waals surface area contributed by atoms with E-state index < -0.39 is 0 Å². The first kappa shape index (κ1) is 25.0. The number of hydrogen-bond donors (Lipinski definition) is 0. The molecule has 0 saturated carbocycles. The maximum absolute atomic E-state index is 6.47. The van der Waals surface area contributed by atoms with E-state index in [1.165, 1.54) is 38.1 Å². The molecule has 2 nitrogen and oxygen atoms in total. The van der Waals surface area contributed by atoms with Gasteiger partial charge in [-0.3, -0.25) is 0 Å². The fourth-order valence-corrected chi connectivity index (χ4v) is 5.94. The minimum atomic E-state index is 0.519. The van der Waals surface area contributed by atoms with Gasteiger partial charge in [-0.25, -0.2) is 0 Å². The van der Waals surface area contributed by atoms with Crippen LogP contribution < -0.4 is 9.47 Å². The highest BCUT2D eigenvalue weighted by atomic mass is 32.2. The summed E-state index contributed by atoms with van der Waals surface area (Å²) in [4.78, 5) is 2.38. The molecular weight excluding hydrogens is 472 g/mol. The van der Waals surface area contributed by atoms with Crippen LogP contribution in [0.5, 0.6) is 11.5 Å². The zero-order valence-electron chi connectivity index (χ0n) is 21.9. The van der Waals surface area contributed by atoms with Crippen molar-refractivity contribution in [1.82, 2.24) is 0 Å². The van der Waals surface area contributed by atoms with Crippen LogP contribution in [0, 0.1) is 13.8 Å². The molecule has 0 N–H and O–H groups in total. The SMILES string of the molecule is CCc1cc(OCc2ccccc2)c2cc(OC)c(Sc3c(C)cccc3C)cc2c1-c1ccccc1. The molecule has 5 aromatic carbocycles. The van der Waals surface area contributed by atoms with Crippen LogP contribution >= 0.6 is 11.8 Å². The van der Waals surface area contributed by atoms with E-state index in [-0.39, 0.29) is 0 Å². The van der Waals surface area contributed by atoms with Gasteiger partial charge in [-0.15, -0.1) is 0 Å². The molecule has 0 atom stereocenters. The van der Waals surface area contributed by atoms with Crippen molar-refractivity contribution in [3.05, 3.63) is 119 Å². The summed E-state index contributed by atoms with van der Waals surface area (Å²) in [7, 11) is 1.75. The molecular formula is C34H32O2S. The molecule has 0 unspecified atom stereocenters. The summed E-state index contributed by atoms with van der Waals surface area (Å²) < 4.78 is 12.4. The van der Waals surface area contributed by atoms with Crippen molar-refractivity contribution in [2.45, 2.75) is 43.6 Å². The second-order valence-electron chi connectivity index (χ2n) is 9.27. The van der Waals surface area contributed by atoms with E-state index in [2.05, 4.69) is 99.6 Å². The quantitative estimate of drug-likeness (QED) is 0.210. The summed E-state index contributed by atoms with van der Waals surface area (Å²) in [6.45, 7) is 7.07. The molecule has 0 aliphatic heterocycles. The lowest BCUT2D eigenvalue weighted by atomic mass is 9.91. The van der Waals surface area contributed by atoms with Gasteiger partial charge in [-0.05, 0) is 77.2 Å². The molecule has 5 rings (SSSR count). The lowest BCUT2D eigenvalue weighted by Gasteiger charge is -2.20. The Bertz CT molecular complexity index is 1500. The Morgan fingerprint density at radius 2 is 1.38 bits per heavy atom. The second kappa shape index (κ2) is 11.1. The summed E-state index contributed by atoms with van der Waals surface area (Å²) in [5.74, 6) is 1.74. The lowest BCUT2D eigenvalue weighted by Crippen LogP contribution is -2.00. The van der Waals surface area contributed by atoms with Crippen LogP contribution in [-0.2, 0) is 13.0 Å². The predicted octanol–water partition coefficient (Wildman–Crippen LogP) is 9.42. The minimum Gasteiger partial charge on any atom is -0.496 e. The van der Waals surface area contributed by atoms with E-state index >= 15 is 0 Å². The Kier molecular flexibility index (Phi) is 7.52. The average Bonchev–Trinajstić information content (AvgIpc) is 2.94. The van der Waals surface area contributed by atoms with Crippen LogP contribution in [-0.4, -0.2) is 7.11 Å². The summed E-state index contributed by atoms with van der Waals surface area (Å²) in [6.07, 6.45) is 0.910. The van der Waals surface area contributed by atoms with Crippen LogP contribution in [0.25, 0.3) is 21.9 Å². The molecule has 186 valence electrons. The average molecular weight is 505 g/mol. The minimum absolute atomic E-state index is 0.519. The van der Waals surface area contributed by atoms with Crippen molar-refractivity contribution >= 4 is 22.5 Å². The normalized spacial score (nSPS) is 11.0. The molecule has 0 heterocycles. The second-order valence-corrected chi connectivity index (χ2v) is 10.3. The molecule has 0 spiro atoms. The molecule has 0 bridgehead atoms. The number of benzene rings is 5. The summed E-state index contributed by atoms with van der Waals surface area (Å²) in [6, 6.07) is 34.1. The smallest absolute Gasteiger partial charge is 0.133 e. The van der Waals surface area contributed by atoms with Gasteiger partial charge >= 0.3 is 0 Å². The van der Waals surface area contributed by atoms with Gasteiger partial charge in [0.2, 0.25) is 0 Å². The van der Waals surface area contributed by atoms with E-state index in [0.29, 0.717) is 6.61 Å². The van der Waals surface area contributed by atoms with Gasteiger partial charge < -0.3 is 9.47 Å². The first-order valence-electron chi connectivity index (χ1n) is 12.7. The maximum atomic E-state index is 6.47. The van der Waals surface area contributed by atoms with Crippen LogP contribution in [0.1, 0.15) is 29.2 Å². The number of hydrogen-bond acceptors (Lipinski definition) is 3. The summed E-state index contributed by atoms with van der Waals surface area (Å²) in [5.41, 5.74) is 7.43. The van der Waals surface area contributed by atoms with Crippen LogP contribution in [0.3, 0.4) is 0 Å². The Morgan fingerprint density at radius 3 is 2.03 bits per heavy atom. The van der Waals surface area contributed by atoms with Crippen molar-refractivity contribution in [1.29, 1.82) is 0 Å². The third kappa shape index (κ3) is 5.23. The molecule has 0 radical (unpaired) electrons. The number of ether oxygens (including phenoxy) is 2. The molecule has 0 aliphatic carbocycles. The zero-order valence-corrected chi connectivity index (χ0v) is 22.7. The lowest BCUT2D eigenvalue weighted by molar-refractivity contribution is 0.309. The van der Waals surface area contributed by atoms with Gasteiger partial charge in [-0.1, -0.05) is 97.5 Å². The Balaban J connectivity index is 1.72. The zero-order chi connectivity index (χ0) is 25.8. The van der Waals surface area contributed by atoms with E-state index in [9.17, 15) is 0 Å². The van der Waals surface area contributed by atoms with Gasteiger partial charge in [0.25, 0.3) is 0 Å². The third-order valence-corrected chi connectivity index (χ3v) is 8.15. The first-order chi connectivity index (χ1) is 18.1. The Morgan fingerprint density at radius 1 is 0.703 bits per heavy atom. The number of rotatable bonds is 8. The molecule has 0 aliphatic rings. The van der Waals surface area contributed by atoms with Gasteiger partial charge in [0, 0.05) is 10.3 Å². The predicted molar refractivity (Wildman–Crippen MR) is 156 cm³/mol. The highest BCUT2D eigenvalue weighted by molar-refractivity contribution is 7.99. The monoisotopic (exact) mass is 504 g/mol. The van der Waals surface area contributed by atoms with Crippen molar-refractivity contribution in [2.75, 3.05) is 7.11 Å². The summed E-state index contributed by atoms with van der Waals surface area (Å²) >= 11 is 1.77. The molecule has 0 saturated heterocycles. The first-order valence-corrected chi connectivity index (χ1v) is 13.5. The van der Waals surface area contributed by atoms with Crippen LogP contribution in [0.4, 0.5) is 0 Å². The van der Waals surface area contributed by atoms with Crippen molar-refractivity contribution in [3.63, 3.8) is 0 Å². The molecule has 0 fully saturated rings. The van der Waals surface area contributed by atoms with Gasteiger partial charge in [0.15, 0.2) is 0 Å². The number of aryl methyl sites for hydroxylation is 3. The maximum Gasteiger partial charge on any atom is 0.133 e. The van der Waals surface area contributed by atoms with E-state index in [1.807, 2.05) is 18.2 Å². The van der Waals surface area contributed by atoms with E-state index in [0.717, 1.165) is 33.8 Å². The fourth-order valence-electron chi connectivity index (χ4n) is 4.84. The van der Waals surface area contributed by atoms with Crippen molar-refractivity contribution < 1.29 is 9.47 Å². The number of fused-ring (bicyclic) bond motifs is 1. The van der Waals surface area contributed by atoms with Gasteiger partial charge in [-0.2, -0.15) is 0 Å². The largest absolute Gasteiger partial charge is 0.496 e. The molecule has 0 amide bonds. The molecule has 3 heteroatoms. The van der Waals surface area contributed by atoms with Gasteiger partial charge in [0.05, 0.1) is 12.0 Å². The Labute approximate surface area is 224 Å². The van der Waals surface area contributed by atoms with E-state index in [4.69, 9.17) is 9.47 Å². The van der Waals surface area contributed by atoms with Crippen LogP contribution in [0.2, 0.25) is 0 Å². The topological polar surface area (TPSA) is 18.5 Å². The highest BCUT2D eigenvalue weighted by Crippen LogP contribution is 2.46. The van der Waals surface area contributed by atoms with Gasteiger partial charge in [0.1, 0.15) is 18.1 Å². The van der Waals surface area contributed by atoms with Crippen molar-refractivity contribution in [3.8, 4) is 22.6 Å². The Hall–Kier alpha value is -3.69. The highest BCUT2D eigenvalue weighted by Gasteiger charge is 2.19. The molecule has 0 aromatic heterocycles.